The summed E-state index contributed by atoms with van der Waals surface area (Å²) >= 11 is 0. The van der Waals surface area contributed by atoms with Gasteiger partial charge in [0.25, 0.3) is 11.7 Å². The molecule has 1 aliphatic heterocycles. The monoisotopic (exact) mass is 440 g/mol. The van der Waals surface area contributed by atoms with Gasteiger partial charge in [-0.3, -0.25) is 14.6 Å². The second-order valence-electron chi connectivity index (χ2n) is 7.58. The molecule has 1 aromatic carbocycles. The van der Waals surface area contributed by atoms with Gasteiger partial charge >= 0.3 is 0 Å². The second-order valence-corrected chi connectivity index (χ2v) is 7.58. The van der Waals surface area contributed by atoms with Crippen molar-refractivity contribution in [2.75, 3.05) is 27.4 Å². The van der Waals surface area contributed by atoms with Crippen molar-refractivity contribution < 1.29 is 28.9 Å². The van der Waals surface area contributed by atoms with Gasteiger partial charge in [0.15, 0.2) is 0 Å². The molecule has 1 N–H and O–H groups in total. The van der Waals surface area contributed by atoms with E-state index in [0.29, 0.717) is 36.6 Å². The lowest BCUT2D eigenvalue weighted by Crippen LogP contribution is -2.31. The van der Waals surface area contributed by atoms with E-state index in [2.05, 4.69) is 4.98 Å². The Balaban J connectivity index is 2.11. The number of nitrogens with zero attached hydrogens (tertiary/aromatic N) is 2. The van der Waals surface area contributed by atoms with E-state index in [9.17, 15) is 14.7 Å². The molecule has 0 aliphatic carbocycles. The van der Waals surface area contributed by atoms with Gasteiger partial charge in [0, 0.05) is 25.5 Å². The number of hydrogen-bond donors (Lipinski definition) is 1. The van der Waals surface area contributed by atoms with Crippen LogP contribution in [0.15, 0.2) is 48.3 Å². The Labute approximate surface area is 187 Å². The molecule has 1 atom stereocenters. The SMILES string of the molecule is COc1cccc(OC)c1/C(O)=C1\C(=O)C(=O)N(CCCOC(C)C)C1c1ccncc1. The number of ketones is 1. The van der Waals surface area contributed by atoms with Gasteiger partial charge in [-0.2, -0.15) is 0 Å². The molecule has 0 radical (unpaired) electrons. The lowest BCUT2D eigenvalue weighted by atomic mass is 9.95. The van der Waals surface area contributed by atoms with Crippen LogP contribution in [0.1, 0.15) is 37.4 Å². The molecule has 32 heavy (non-hydrogen) atoms. The van der Waals surface area contributed by atoms with E-state index in [1.807, 2.05) is 13.8 Å². The van der Waals surface area contributed by atoms with Crippen LogP contribution in [0.5, 0.6) is 11.5 Å². The maximum Gasteiger partial charge on any atom is 0.295 e. The maximum atomic E-state index is 13.1. The quantitative estimate of drug-likeness (QED) is 0.276. The van der Waals surface area contributed by atoms with Crippen LogP contribution in [0.2, 0.25) is 0 Å². The van der Waals surface area contributed by atoms with Crippen LogP contribution >= 0.6 is 0 Å². The fourth-order valence-corrected chi connectivity index (χ4v) is 3.78. The van der Waals surface area contributed by atoms with Gasteiger partial charge < -0.3 is 24.2 Å². The summed E-state index contributed by atoms with van der Waals surface area (Å²) in [6.45, 7) is 4.61. The molecule has 170 valence electrons. The van der Waals surface area contributed by atoms with Gasteiger partial charge in [-0.05, 0) is 50.1 Å². The molecule has 8 nitrogen and oxygen atoms in total. The van der Waals surface area contributed by atoms with Gasteiger partial charge in [-0.15, -0.1) is 0 Å². The Morgan fingerprint density at radius 1 is 1.09 bits per heavy atom. The van der Waals surface area contributed by atoms with Crippen LogP contribution < -0.4 is 9.47 Å². The minimum absolute atomic E-state index is 0.0197. The lowest BCUT2D eigenvalue weighted by molar-refractivity contribution is -0.140. The van der Waals surface area contributed by atoms with E-state index in [-0.39, 0.29) is 23.0 Å². The largest absolute Gasteiger partial charge is 0.506 e. The number of rotatable bonds is 9. The predicted molar refractivity (Wildman–Crippen MR) is 118 cm³/mol. The molecule has 0 spiro atoms. The molecule has 1 unspecified atom stereocenters. The highest BCUT2D eigenvalue weighted by molar-refractivity contribution is 6.46. The first-order valence-corrected chi connectivity index (χ1v) is 10.4. The van der Waals surface area contributed by atoms with E-state index < -0.39 is 17.7 Å². The van der Waals surface area contributed by atoms with Gasteiger partial charge in [0.1, 0.15) is 22.8 Å². The third kappa shape index (κ3) is 4.60. The van der Waals surface area contributed by atoms with Gasteiger partial charge in [-0.1, -0.05) is 6.07 Å². The van der Waals surface area contributed by atoms with Crippen LogP contribution in [-0.4, -0.2) is 60.2 Å². The normalized spacial score (nSPS) is 17.8. The van der Waals surface area contributed by atoms with Crippen molar-refractivity contribution >= 4 is 17.4 Å². The molecule has 0 saturated carbocycles. The highest BCUT2D eigenvalue weighted by atomic mass is 16.5. The first-order valence-electron chi connectivity index (χ1n) is 10.4. The number of benzene rings is 1. The molecule has 1 aliphatic rings. The third-order valence-electron chi connectivity index (χ3n) is 5.22. The minimum atomic E-state index is -0.772. The number of carbonyl (C=O) groups is 2. The highest BCUT2D eigenvalue weighted by Crippen LogP contribution is 2.43. The summed E-state index contributed by atoms with van der Waals surface area (Å²) in [5.41, 5.74) is 0.867. The van der Waals surface area contributed by atoms with Crippen LogP contribution in [0.25, 0.3) is 5.76 Å². The van der Waals surface area contributed by atoms with Crippen LogP contribution in [0.3, 0.4) is 0 Å². The zero-order chi connectivity index (χ0) is 23.3. The number of aliphatic hydroxyl groups is 1. The number of likely N-dealkylation sites (tertiary alicyclic amines) is 1. The summed E-state index contributed by atoms with van der Waals surface area (Å²) in [6, 6.07) is 7.69. The van der Waals surface area contributed by atoms with Crippen molar-refractivity contribution in [1.82, 2.24) is 9.88 Å². The third-order valence-corrected chi connectivity index (χ3v) is 5.22. The number of amides is 1. The summed E-state index contributed by atoms with van der Waals surface area (Å²) in [5.74, 6) is -1.13. The van der Waals surface area contributed by atoms with E-state index in [0.717, 1.165) is 0 Å². The smallest absolute Gasteiger partial charge is 0.295 e. The molecule has 8 heteroatoms. The summed E-state index contributed by atoms with van der Waals surface area (Å²) in [5, 5.41) is 11.3. The molecular formula is C24H28N2O6. The first kappa shape index (κ1) is 23.3. The van der Waals surface area contributed by atoms with Crippen molar-refractivity contribution in [3.63, 3.8) is 0 Å². The standard InChI is InChI=1S/C24H28N2O6/c1-15(2)32-14-6-13-26-21(16-9-11-25-12-10-16)20(23(28)24(26)29)22(27)19-17(30-3)7-5-8-18(19)31-4/h5,7-12,15,21,27H,6,13-14H2,1-4H3/b22-20+. The maximum absolute atomic E-state index is 13.1. The number of pyridine rings is 1. The number of Topliss-reactive ketones (excluding diaryl/α,β-unsaturated/α-hetero) is 1. The summed E-state index contributed by atoms with van der Waals surface area (Å²) in [6.07, 6.45) is 3.78. The minimum Gasteiger partial charge on any atom is -0.506 e. The Morgan fingerprint density at radius 3 is 2.28 bits per heavy atom. The van der Waals surface area contributed by atoms with Crippen molar-refractivity contribution in [2.45, 2.75) is 32.4 Å². The Hall–Kier alpha value is -3.39. The van der Waals surface area contributed by atoms with E-state index >= 15 is 0 Å². The zero-order valence-corrected chi connectivity index (χ0v) is 18.7. The Bertz CT molecular complexity index is 981. The molecule has 2 heterocycles. The lowest BCUT2D eigenvalue weighted by Gasteiger charge is -2.25. The second kappa shape index (κ2) is 10.3. The van der Waals surface area contributed by atoms with Gasteiger partial charge in [0.05, 0.1) is 31.9 Å². The molecule has 1 fully saturated rings. The summed E-state index contributed by atoms with van der Waals surface area (Å²) in [4.78, 5) is 31.6. The predicted octanol–water partition coefficient (Wildman–Crippen LogP) is 3.34. The van der Waals surface area contributed by atoms with Crippen LogP contribution in [-0.2, 0) is 14.3 Å². The molecule has 3 rings (SSSR count). The molecule has 1 aromatic heterocycles. The van der Waals surface area contributed by atoms with Crippen molar-refractivity contribution in [1.29, 1.82) is 0 Å². The molecule has 2 aromatic rings. The number of carbonyl (C=O) groups excluding carboxylic acids is 2. The van der Waals surface area contributed by atoms with Gasteiger partial charge in [0.2, 0.25) is 0 Å². The fraction of sp³-hybridized carbons (Fsp3) is 0.375. The van der Waals surface area contributed by atoms with Crippen molar-refractivity contribution in [2.24, 2.45) is 0 Å². The Kier molecular flexibility index (Phi) is 7.48. The topological polar surface area (TPSA) is 98.2 Å². The van der Waals surface area contributed by atoms with E-state index in [1.54, 1.807) is 42.7 Å². The molecule has 1 amide bonds. The fourth-order valence-electron chi connectivity index (χ4n) is 3.78. The Morgan fingerprint density at radius 2 is 1.72 bits per heavy atom. The summed E-state index contributed by atoms with van der Waals surface area (Å²) < 4.78 is 16.4. The van der Waals surface area contributed by atoms with E-state index in [1.165, 1.54) is 19.1 Å². The van der Waals surface area contributed by atoms with Crippen molar-refractivity contribution in [3.05, 3.63) is 59.4 Å². The number of ether oxygens (including phenoxy) is 3. The number of aromatic nitrogens is 1. The van der Waals surface area contributed by atoms with Crippen molar-refractivity contribution in [3.8, 4) is 11.5 Å². The average Bonchev–Trinajstić information content (AvgIpc) is 3.06. The van der Waals surface area contributed by atoms with E-state index in [4.69, 9.17) is 14.2 Å². The van der Waals surface area contributed by atoms with Crippen LogP contribution in [0.4, 0.5) is 0 Å². The number of aliphatic hydroxyl groups excluding tert-OH is 1. The highest BCUT2D eigenvalue weighted by Gasteiger charge is 2.46. The number of hydrogen-bond acceptors (Lipinski definition) is 7. The van der Waals surface area contributed by atoms with Crippen LogP contribution in [0, 0.1) is 0 Å². The molecule has 1 saturated heterocycles. The zero-order valence-electron chi connectivity index (χ0n) is 18.7. The summed E-state index contributed by atoms with van der Waals surface area (Å²) in [7, 11) is 2.92. The average molecular weight is 440 g/mol. The molecular weight excluding hydrogens is 412 g/mol. The first-order chi connectivity index (χ1) is 15.4. The number of methoxy groups -OCH3 is 2. The van der Waals surface area contributed by atoms with Gasteiger partial charge in [-0.25, -0.2) is 0 Å². The molecule has 0 bridgehead atoms.